The highest BCUT2D eigenvalue weighted by Crippen LogP contribution is 2.30. The monoisotopic (exact) mass is 505 g/mol. The number of ether oxygens (including phenoxy) is 1. The number of nitrogens with zero attached hydrogens (tertiary/aromatic N) is 1. The predicted molar refractivity (Wildman–Crippen MR) is 143 cm³/mol. The van der Waals surface area contributed by atoms with Crippen LogP contribution in [0, 0.1) is 5.92 Å². The number of aliphatic carboxylic acids is 1. The van der Waals surface area contributed by atoms with Crippen LogP contribution in [0.15, 0.2) is 42.5 Å². The molecule has 0 bridgehead atoms. The summed E-state index contributed by atoms with van der Waals surface area (Å²) < 4.78 is 5.75. The molecule has 2 aromatic rings. The van der Waals surface area contributed by atoms with Crippen molar-refractivity contribution < 1.29 is 24.2 Å². The van der Waals surface area contributed by atoms with Gasteiger partial charge in [-0.15, -0.1) is 0 Å². The van der Waals surface area contributed by atoms with Gasteiger partial charge < -0.3 is 14.7 Å². The molecule has 6 nitrogen and oxygen atoms in total. The molecule has 1 amide bonds. The van der Waals surface area contributed by atoms with Crippen molar-refractivity contribution >= 4 is 17.8 Å². The predicted octanol–water partition coefficient (Wildman–Crippen LogP) is 5.87. The first-order valence-corrected chi connectivity index (χ1v) is 13.5. The third-order valence-corrected chi connectivity index (χ3v) is 7.69. The number of hydrogen-bond donors (Lipinski definition) is 1. The Morgan fingerprint density at radius 2 is 1.57 bits per heavy atom. The highest BCUT2D eigenvalue weighted by molar-refractivity contribution is 5.83. The summed E-state index contributed by atoms with van der Waals surface area (Å²) in [5.74, 6) is -0.377. The van der Waals surface area contributed by atoms with Crippen LogP contribution in [-0.2, 0) is 45.5 Å². The van der Waals surface area contributed by atoms with Crippen LogP contribution in [0.5, 0.6) is 0 Å². The van der Waals surface area contributed by atoms with E-state index in [1.54, 1.807) is 4.90 Å². The van der Waals surface area contributed by atoms with E-state index >= 15 is 0 Å². The third kappa shape index (κ3) is 7.43. The second-order valence-corrected chi connectivity index (χ2v) is 11.7. The van der Waals surface area contributed by atoms with Gasteiger partial charge in [0.05, 0.1) is 0 Å². The lowest BCUT2D eigenvalue weighted by Crippen LogP contribution is -2.39. The van der Waals surface area contributed by atoms with Crippen LogP contribution in [0.1, 0.15) is 80.7 Å². The number of benzene rings is 2. The molecule has 6 heteroatoms. The van der Waals surface area contributed by atoms with Crippen molar-refractivity contribution in [1.82, 2.24) is 4.90 Å². The van der Waals surface area contributed by atoms with E-state index in [1.165, 1.54) is 11.1 Å². The standard InChI is InChI=1S/C31H39NO5/c1-31(2,3)26-10-5-21(6-11-26)17-27(33)18-23-4-9-25-20-32(15-14-24(25)16-23)30(36)37-28-12-7-22(8-13-28)19-29(34)35/h4-6,9-11,16,22,28H,7-8,12-15,17-20H2,1-3H3,(H,34,35). The lowest BCUT2D eigenvalue weighted by molar-refractivity contribution is -0.138. The summed E-state index contributed by atoms with van der Waals surface area (Å²) in [6.45, 7) is 7.65. The van der Waals surface area contributed by atoms with Crippen LogP contribution in [0.3, 0.4) is 0 Å². The fourth-order valence-electron chi connectivity index (χ4n) is 5.43. The fourth-order valence-corrected chi connectivity index (χ4v) is 5.43. The summed E-state index contributed by atoms with van der Waals surface area (Å²) >= 11 is 0. The van der Waals surface area contributed by atoms with E-state index in [0.29, 0.717) is 25.9 Å². The Hall–Kier alpha value is -3.15. The molecule has 1 N–H and O–H groups in total. The summed E-state index contributed by atoms with van der Waals surface area (Å²) in [6.07, 6.45) is 4.39. The molecule has 1 saturated carbocycles. The molecule has 2 aromatic carbocycles. The zero-order valence-corrected chi connectivity index (χ0v) is 22.3. The first kappa shape index (κ1) is 26.9. The summed E-state index contributed by atoms with van der Waals surface area (Å²) in [5, 5.41) is 8.97. The first-order chi connectivity index (χ1) is 17.6. The minimum absolute atomic E-state index is 0.0980. The van der Waals surface area contributed by atoms with Gasteiger partial charge in [0.25, 0.3) is 0 Å². The number of carboxylic acid groups (broad SMARTS) is 1. The zero-order chi connectivity index (χ0) is 26.6. The molecular weight excluding hydrogens is 466 g/mol. The summed E-state index contributed by atoms with van der Waals surface area (Å²) in [6, 6.07) is 14.5. The molecule has 0 atom stereocenters. The Morgan fingerprint density at radius 1 is 0.919 bits per heavy atom. The van der Waals surface area contributed by atoms with Gasteiger partial charge in [0.2, 0.25) is 0 Å². The summed E-state index contributed by atoms with van der Waals surface area (Å²) in [7, 11) is 0. The average Bonchev–Trinajstić information content (AvgIpc) is 2.84. The largest absolute Gasteiger partial charge is 0.481 e. The summed E-state index contributed by atoms with van der Waals surface area (Å²) in [5.41, 5.74) is 5.71. The molecule has 1 aliphatic carbocycles. The van der Waals surface area contributed by atoms with Gasteiger partial charge in [-0.2, -0.15) is 0 Å². The van der Waals surface area contributed by atoms with Gasteiger partial charge in [0, 0.05) is 32.4 Å². The molecule has 37 heavy (non-hydrogen) atoms. The Morgan fingerprint density at radius 3 is 2.22 bits per heavy atom. The highest BCUT2D eigenvalue weighted by Gasteiger charge is 2.28. The number of Topliss-reactive ketones (excluding diaryl/α,β-unsaturated/α-hetero) is 1. The van der Waals surface area contributed by atoms with E-state index in [-0.39, 0.29) is 35.7 Å². The highest BCUT2D eigenvalue weighted by atomic mass is 16.6. The van der Waals surface area contributed by atoms with Crippen LogP contribution in [-0.4, -0.2) is 40.5 Å². The Bertz CT molecular complexity index is 1120. The Labute approximate surface area is 220 Å². The maximum absolute atomic E-state index is 12.8. The molecule has 1 fully saturated rings. The smallest absolute Gasteiger partial charge is 0.410 e. The number of carbonyl (C=O) groups excluding carboxylic acids is 2. The van der Waals surface area contributed by atoms with Crippen molar-refractivity contribution in [2.75, 3.05) is 6.54 Å². The molecule has 0 aromatic heterocycles. The maximum atomic E-state index is 12.8. The number of carbonyl (C=O) groups is 3. The van der Waals surface area contributed by atoms with Crippen LogP contribution < -0.4 is 0 Å². The van der Waals surface area contributed by atoms with Crippen molar-refractivity contribution in [2.45, 2.75) is 90.2 Å². The van der Waals surface area contributed by atoms with Gasteiger partial charge in [-0.1, -0.05) is 63.2 Å². The molecule has 4 rings (SSSR count). The maximum Gasteiger partial charge on any atom is 0.410 e. The molecule has 0 saturated heterocycles. The number of hydrogen-bond acceptors (Lipinski definition) is 4. The Kier molecular flexibility index (Phi) is 8.35. The molecule has 0 radical (unpaired) electrons. The van der Waals surface area contributed by atoms with Crippen LogP contribution in [0.2, 0.25) is 0 Å². The molecule has 0 unspecified atom stereocenters. The van der Waals surface area contributed by atoms with Crippen molar-refractivity contribution in [3.05, 3.63) is 70.3 Å². The Balaban J connectivity index is 1.26. The molecule has 0 spiro atoms. The van der Waals surface area contributed by atoms with Crippen LogP contribution in [0.4, 0.5) is 4.79 Å². The minimum atomic E-state index is -0.758. The van der Waals surface area contributed by atoms with Crippen molar-refractivity contribution in [3.63, 3.8) is 0 Å². The second-order valence-electron chi connectivity index (χ2n) is 11.7. The van der Waals surface area contributed by atoms with Gasteiger partial charge in [0.1, 0.15) is 11.9 Å². The van der Waals surface area contributed by atoms with E-state index in [2.05, 4.69) is 51.1 Å². The zero-order valence-electron chi connectivity index (χ0n) is 22.3. The van der Waals surface area contributed by atoms with Crippen molar-refractivity contribution in [3.8, 4) is 0 Å². The number of fused-ring (bicyclic) bond motifs is 1. The van der Waals surface area contributed by atoms with E-state index in [0.717, 1.165) is 48.8 Å². The minimum Gasteiger partial charge on any atom is -0.481 e. The molecule has 2 aliphatic rings. The van der Waals surface area contributed by atoms with E-state index < -0.39 is 5.97 Å². The van der Waals surface area contributed by atoms with Crippen molar-refractivity contribution in [2.24, 2.45) is 5.92 Å². The van der Waals surface area contributed by atoms with Crippen molar-refractivity contribution in [1.29, 1.82) is 0 Å². The average molecular weight is 506 g/mol. The quantitative estimate of drug-likeness (QED) is 0.509. The number of rotatable bonds is 7. The lowest BCUT2D eigenvalue weighted by Gasteiger charge is -2.32. The second kappa shape index (κ2) is 11.5. The SMILES string of the molecule is CC(C)(C)c1ccc(CC(=O)Cc2ccc3c(c2)CCN(C(=O)OC2CCC(CC(=O)O)CC2)C3)cc1. The van der Waals surface area contributed by atoms with Gasteiger partial charge >= 0.3 is 12.1 Å². The van der Waals surface area contributed by atoms with Crippen LogP contribution >= 0.6 is 0 Å². The van der Waals surface area contributed by atoms with Gasteiger partial charge in [-0.05, 0) is 71.3 Å². The number of carboxylic acids is 1. The first-order valence-electron chi connectivity index (χ1n) is 13.5. The fraction of sp³-hybridized carbons (Fsp3) is 0.516. The number of ketones is 1. The lowest BCUT2D eigenvalue weighted by atomic mass is 9.85. The molecule has 198 valence electrons. The topological polar surface area (TPSA) is 83.9 Å². The normalized spacial score (nSPS) is 19.7. The van der Waals surface area contributed by atoms with E-state index in [4.69, 9.17) is 9.84 Å². The number of amides is 1. The molecule has 1 heterocycles. The molecular formula is C31H39NO5. The van der Waals surface area contributed by atoms with Gasteiger partial charge in [-0.3, -0.25) is 9.59 Å². The van der Waals surface area contributed by atoms with E-state index in [1.807, 2.05) is 12.1 Å². The van der Waals surface area contributed by atoms with Gasteiger partial charge in [0.15, 0.2) is 0 Å². The van der Waals surface area contributed by atoms with Gasteiger partial charge in [-0.25, -0.2) is 4.79 Å². The van der Waals surface area contributed by atoms with Crippen LogP contribution in [0.25, 0.3) is 0 Å². The summed E-state index contributed by atoms with van der Waals surface area (Å²) in [4.78, 5) is 38.2. The third-order valence-electron chi connectivity index (χ3n) is 7.69. The molecule has 1 aliphatic heterocycles. The van der Waals surface area contributed by atoms with E-state index in [9.17, 15) is 14.4 Å².